The minimum atomic E-state index is -0.353. The van der Waals surface area contributed by atoms with Crippen LogP contribution in [-0.2, 0) is 22.4 Å². The molecule has 0 bridgehead atoms. The Morgan fingerprint density at radius 2 is 2.15 bits per heavy atom. The summed E-state index contributed by atoms with van der Waals surface area (Å²) in [5.41, 5.74) is 1.58. The van der Waals surface area contributed by atoms with Crippen LogP contribution in [0.25, 0.3) is 0 Å². The van der Waals surface area contributed by atoms with Crippen LogP contribution in [0.1, 0.15) is 41.1 Å². The molecule has 1 aliphatic rings. The van der Waals surface area contributed by atoms with Crippen molar-refractivity contribution in [1.29, 1.82) is 0 Å². The van der Waals surface area contributed by atoms with Crippen LogP contribution in [0.4, 0.5) is 5.00 Å². The highest BCUT2D eigenvalue weighted by molar-refractivity contribution is 7.99. The first-order chi connectivity index (χ1) is 12.6. The maximum Gasteiger partial charge on any atom is 0.341 e. The average Bonchev–Trinajstić information content (AvgIpc) is 2.98. The number of amides is 1. The lowest BCUT2D eigenvalue weighted by molar-refractivity contribution is -0.113. The predicted octanol–water partition coefficient (Wildman–Crippen LogP) is 3.57. The van der Waals surface area contributed by atoms with E-state index in [0.29, 0.717) is 28.2 Å². The molecule has 138 valence electrons. The van der Waals surface area contributed by atoms with Gasteiger partial charge in [-0.1, -0.05) is 18.7 Å². The minimum absolute atomic E-state index is 0.181. The van der Waals surface area contributed by atoms with Crippen molar-refractivity contribution in [3.63, 3.8) is 0 Å². The summed E-state index contributed by atoms with van der Waals surface area (Å²) in [6.07, 6.45) is 6.12. The second-order valence-corrected chi connectivity index (χ2v) is 8.19. The van der Waals surface area contributed by atoms with Crippen molar-refractivity contribution in [2.75, 3.05) is 17.7 Å². The molecule has 1 amide bonds. The average molecular weight is 392 g/mol. The Morgan fingerprint density at radius 1 is 1.38 bits per heavy atom. The number of carbonyl (C=O) groups is 2. The van der Waals surface area contributed by atoms with Crippen LogP contribution in [0.5, 0.6) is 0 Å². The molecule has 8 heteroatoms. The Bertz CT molecular complexity index is 792. The molecule has 0 aromatic carbocycles. The Hall–Kier alpha value is -1.93. The molecular formula is C18H21N3O3S2. The van der Waals surface area contributed by atoms with Gasteiger partial charge in [-0.15, -0.1) is 11.3 Å². The summed E-state index contributed by atoms with van der Waals surface area (Å²) >= 11 is 2.76. The first-order valence-corrected chi connectivity index (χ1v) is 10.4. The number of hydrogen-bond donors (Lipinski definition) is 1. The van der Waals surface area contributed by atoms with Gasteiger partial charge in [-0.3, -0.25) is 4.79 Å². The Labute approximate surface area is 160 Å². The van der Waals surface area contributed by atoms with E-state index >= 15 is 0 Å². The molecule has 2 aromatic heterocycles. The number of carbonyl (C=O) groups excluding carboxylic acids is 2. The Morgan fingerprint density at radius 3 is 2.88 bits per heavy atom. The molecule has 2 heterocycles. The second kappa shape index (κ2) is 8.64. The fourth-order valence-corrected chi connectivity index (χ4v) is 4.93. The SMILES string of the molecule is CCOC(=O)c1c(NC(=O)CSc2ncccn2)sc2c1CC[C@H](C)C2. The lowest BCUT2D eigenvalue weighted by Crippen LogP contribution is -2.17. The molecule has 0 spiro atoms. The number of nitrogens with zero attached hydrogens (tertiary/aromatic N) is 2. The maximum absolute atomic E-state index is 12.4. The topological polar surface area (TPSA) is 81.2 Å². The summed E-state index contributed by atoms with van der Waals surface area (Å²) in [7, 11) is 0. The van der Waals surface area contributed by atoms with E-state index in [1.165, 1.54) is 28.0 Å². The van der Waals surface area contributed by atoms with Crippen molar-refractivity contribution < 1.29 is 14.3 Å². The Balaban J connectivity index is 1.75. The number of hydrogen-bond acceptors (Lipinski definition) is 7. The van der Waals surface area contributed by atoms with Crippen LogP contribution in [0.15, 0.2) is 23.6 Å². The first kappa shape index (κ1) is 18.8. The summed E-state index contributed by atoms with van der Waals surface area (Å²) in [6.45, 7) is 4.31. The summed E-state index contributed by atoms with van der Waals surface area (Å²) in [6, 6.07) is 1.73. The van der Waals surface area contributed by atoms with Gasteiger partial charge in [-0.25, -0.2) is 14.8 Å². The van der Waals surface area contributed by atoms with E-state index in [9.17, 15) is 9.59 Å². The molecule has 0 unspecified atom stereocenters. The molecule has 6 nitrogen and oxygen atoms in total. The number of esters is 1. The highest BCUT2D eigenvalue weighted by Gasteiger charge is 2.29. The molecular weight excluding hydrogens is 370 g/mol. The zero-order chi connectivity index (χ0) is 18.5. The van der Waals surface area contributed by atoms with Crippen LogP contribution in [0.2, 0.25) is 0 Å². The summed E-state index contributed by atoms with van der Waals surface area (Å²) < 4.78 is 5.22. The standard InChI is InChI=1S/C18H21N3O3S2/c1-3-24-17(23)15-12-6-5-11(2)9-13(12)26-16(15)21-14(22)10-25-18-19-7-4-8-20-18/h4,7-8,11H,3,5-6,9-10H2,1-2H3,(H,21,22)/t11-/m0/s1. The van der Waals surface area contributed by atoms with Crippen LogP contribution < -0.4 is 5.32 Å². The summed E-state index contributed by atoms with van der Waals surface area (Å²) in [5.74, 6) is 0.240. The van der Waals surface area contributed by atoms with E-state index in [4.69, 9.17) is 4.74 Å². The number of thiophene rings is 1. The predicted molar refractivity (Wildman–Crippen MR) is 103 cm³/mol. The van der Waals surface area contributed by atoms with Crippen molar-refractivity contribution in [2.24, 2.45) is 5.92 Å². The Kier molecular flexibility index (Phi) is 6.26. The summed E-state index contributed by atoms with van der Waals surface area (Å²) in [5, 5.41) is 4.04. The number of thioether (sulfide) groups is 1. The molecule has 0 radical (unpaired) electrons. The zero-order valence-electron chi connectivity index (χ0n) is 14.8. The van der Waals surface area contributed by atoms with Gasteiger partial charge in [0, 0.05) is 17.3 Å². The van der Waals surface area contributed by atoms with E-state index in [1.54, 1.807) is 25.4 Å². The van der Waals surface area contributed by atoms with Gasteiger partial charge in [0.05, 0.1) is 17.9 Å². The normalized spacial score (nSPS) is 16.0. The number of fused-ring (bicyclic) bond motifs is 1. The number of ether oxygens (including phenoxy) is 1. The van der Waals surface area contributed by atoms with Gasteiger partial charge in [-0.05, 0) is 43.7 Å². The van der Waals surface area contributed by atoms with E-state index in [-0.39, 0.29) is 17.6 Å². The number of rotatable bonds is 6. The summed E-state index contributed by atoms with van der Waals surface area (Å²) in [4.78, 5) is 34.2. The molecule has 0 fully saturated rings. The van der Waals surface area contributed by atoms with Crippen LogP contribution in [0.3, 0.4) is 0 Å². The molecule has 26 heavy (non-hydrogen) atoms. The molecule has 0 aliphatic heterocycles. The van der Waals surface area contributed by atoms with Gasteiger partial charge in [0.2, 0.25) is 5.91 Å². The van der Waals surface area contributed by atoms with Gasteiger partial charge in [0.15, 0.2) is 5.16 Å². The largest absolute Gasteiger partial charge is 0.462 e. The van der Waals surface area contributed by atoms with E-state index in [2.05, 4.69) is 22.2 Å². The van der Waals surface area contributed by atoms with Gasteiger partial charge < -0.3 is 10.1 Å². The quantitative estimate of drug-likeness (QED) is 0.461. The third-order valence-corrected chi connectivity index (χ3v) is 6.16. The van der Waals surface area contributed by atoms with Crippen LogP contribution in [0, 0.1) is 5.92 Å². The van der Waals surface area contributed by atoms with Gasteiger partial charge in [-0.2, -0.15) is 0 Å². The van der Waals surface area contributed by atoms with Crippen LogP contribution in [-0.4, -0.2) is 34.2 Å². The number of nitrogens with one attached hydrogen (secondary N) is 1. The molecule has 1 N–H and O–H groups in total. The highest BCUT2D eigenvalue weighted by atomic mass is 32.2. The first-order valence-electron chi connectivity index (χ1n) is 8.59. The van der Waals surface area contributed by atoms with Crippen molar-refractivity contribution in [3.05, 3.63) is 34.5 Å². The third kappa shape index (κ3) is 4.42. The second-order valence-electron chi connectivity index (χ2n) is 6.14. The smallest absolute Gasteiger partial charge is 0.341 e. The van der Waals surface area contributed by atoms with Gasteiger partial charge in [0.25, 0.3) is 0 Å². The fourth-order valence-electron chi connectivity index (χ4n) is 2.91. The lowest BCUT2D eigenvalue weighted by Gasteiger charge is -2.18. The fraction of sp³-hybridized carbons (Fsp3) is 0.444. The third-order valence-electron chi connectivity index (χ3n) is 4.12. The van der Waals surface area contributed by atoms with Gasteiger partial charge in [0.1, 0.15) is 5.00 Å². The van der Waals surface area contributed by atoms with Crippen molar-refractivity contribution in [3.8, 4) is 0 Å². The molecule has 0 saturated carbocycles. The minimum Gasteiger partial charge on any atom is -0.462 e. The van der Waals surface area contributed by atoms with Gasteiger partial charge >= 0.3 is 5.97 Å². The number of aromatic nitrogens is 2. The van der Waals surface area contributed by atoms with E-state index < -0.39 is 0 Å². The van der Waals surface area contributed by atoms with Crippen LogP contribution >= 0.6 is 23.1 Å². The van der Waals surface area contributed by atoms with Crippen molar-refractivity contribution in [2.45, 2.75) is 38.3 Å². The maximum atomic E-state index is 12.4. The van der Waals surface area contributed by atoms with Crippen molar-refractivity contribution >= 4 is 40.0 Å². The molecule has 1 atom stereocenters. The zero-order valence-corrected chi connectivity index (χ0v) is 16.4. The lowest BCUT2D eigenvalue weighted by atomic mass is 9.88. The molecule has 3 rings (SSSR count). The monoisotopic (exact) mass is 391 g/mol. The van der Waals surface area contributed by atoms with E-state index in [0.717, 1.165) is 24.8 Å². The molecule has 1 aliphatic carbocycles. The van der Waals surface area contributed by atoms with E-state index in [1.807, 2.05) is 0 Å². The molecule has 2 aromatic rings. The highest BCUT2D eigenvalue weighted by Crippen LogP contribution is 2.40. The molecule has 0 saturated heterocycles. The number of anilines is 1. The van der Waals surface area contributed by atoms with Crippen molar-refractivity contribution in [1.82, 2.24) is 9.97 Å².